The van der Waals surface area contributed by atoms with Crippen LogP contribution in [0.15, 0.2) is 112 Å². The highest BCUT2D eigenvalue weighted by Crippen LogP contribution is 2.59. The number of hydrogen-bond acceptors (Lipinski definition) is 3. The number of nitrogens with zero attached hydrogens (tertiary/aromatic N) is 6. The van der Waals surface area contributed by atoms with Crippen LogP contribution < -0.4 is 0 Å². The van der Waals surface area contributed by atoms with Crippen molar-refractivity contribution in [3.8, 4) is 46.7 Å². The maximum absolute atomic E-state index is 13.2. The van der Waals surface area contributed by atoms with Gasteiger partial charge in [-0.05, 0) is 93.5 Å². The molecule has 0 bridgehead atoms. The van der Waals surface area contributed by atoms with Gasteiger partial charge in [0.1, 0.15) is 125 Å². The van der Waals surface area contributed by atoms with Gasteiger partial charge in [0.2, 0.25) is 0 Å². The number of rotatable bonds is 7. The number of aryl methyl sites for hydroxylation is 1. The van der Waals surface area contributed by atoms with Crippen LogP contribution in [-0.4, -0.2) is 167 Å². The fourth-order valence-electron chi connectivity index (χ4n) is 15.3. The van der Waals surface area contributed by atoms with E-state index in [-0.39, 0.29) is 185 Å². The summed E-state index contributed by atoms with van der Waals surface area (Å²) in [5, 5.41) is 29.0. The molecule has 394 valence electrons. The maximum Gasteiger partial charge on any atom is 0.113 e. The Bertz CT molecular complexity index is 5500. The lowest BCUT2D eigenvalue weighted by Crippen LogP contribution is -2.26. The maximum atomic E-state index is 13.2. The molecule has 7 atom stereocenters. The summed E-state index contributed by atoms with van der Waals surface area (Å²) in [6.45, 7) is 7.69. The SMILES string of the molecule is [B]C(=C)/C([B])=C(/[B])c1c2c(n(-c3c(C#N)c(-n4c5c(c6ccc7c8ccccc8sc7c64)/C=C\C(c4ccccc4C)C#CC5)c(-n4c5c(c6c4C([B])C([B])C([B])=C6[B])C([B])=C([B])C5[B])c(C#N)c3-n3c4c(c5c3C([B])C([B])=C5[B])C([B])=C([B])C4[B])c1C)C([B])C([B])=C2[B]. The number of allylic oxidation sites excluding steroid dienone is 8. The quantitative estimate of drug-likeness (QED) is 0.0995. The van der Waals surface area contributed by atoms with E-state index in [1.807, 2.05) is 34.9 Å². The predicted octanol–water partition coefficient (Wildman–Crippen LogP) is 6.88. The van der Waals surface area contributed by atoms with Crippen LogP contribution in [0.5, 0.6) is 0 Å². The van der Waals surface area contributed by atoms with Gasteiger partial charge in [-0.25, -0.2) is 0 Å². The van der Waals surface area contributed by atoms with Crippen LogP contribution in [0, 0.1) is 48.4 Å². The molecule has 0 aliphatic heterocycles. The lowest BCUT2D eigenvalue weighted by molar-refractivity contribution is 0.794. The van der Waals surface area contributed by atoms with Crippen LogP contribution in [0.25, 0.3) is 92.7 Å². The Balaban J connectivity index is 1.26. The van der Waals surface area contributed by atoms with Gasteiger partial charge < -0.3 is 18.3 Å². The molecular weight excluding hydrogens is 1140 g/mol. The fourth-order valence-corrected chi connectivity index (χ4v) is 16.6. The lowest BCUT2D eigenvalue weighted by atomic mass is 9.51. The molecule has 0 amide bonds. The van der Waals surface area contributed by atoms with E-state index in [9.17, 15) is 10.5 Å². The summed E-state index contributed by atoms with van der Waals surface area (Å²) in [7, 11) is 135. The summed E-state index contributed by atoms with van der Waals surface area (Å²) in [4.78, 5) is 0. The number of thiophene rings is 1. The largest absolute Gasteiger partial charge is 0.314 e. The van der Waals surface area contributed by atoms with E-state index in [1.165, 1.54) is 0 Å². The monoisotopic (exact) mass is 1170 g/mol. The molecule has 0 spiro atoms. The van der Waals surface area contributed by atoms with Crippen molar-refractivity contribution >= 4 is 230 Å². The first-order valence-electron chi connectivity index (χ1n) is 29.9. The van der Waals surface area contributed by atoms with Crippen LogP contribution in [-0.2, 0) is 6.42 Å². The molecule has 94 heavy (non-hydrogen) atoms. The predicted molar refractivity (Wildman–Crippen MR) is 400 cm³/mol. The van der Waals surface area contributed by atoms with Gasteiger partial charge in [-0.15, -0.1) is 56.2 Å². The summed E-state index contributed by atoms with van der Waals surface area (Å²) in [5.74, 6) is -0.505. The number of hydrogen-bond donors (Lipinski definition) is 0. The van der Waals surface area contributed by atoms with Crippen LogP contribution >= 0.6 is 11.3 Å². The third-order valence-electron chi connectivity index (χ3n) is 19.9. The molecular formula is C68H29B19N6S. The molecule has 7 unspecified atom stereocenters. The highest BCUT2D eigenvalue weighted by atomic mass is 32.1. The van der Waals surface area contributed by atoms with Crippen molar-refractivity contribution in [3.63, 3.8) is 0 Å². The van der Waals surface area contributed by atoms with Crippen LogP contribution in [0.4, 0.5) is 0 Å². The number of fused-ring (bicyclic) bond motifs is 14. The zero-order chi connectivity index (χ0) is 66.8. The Labute approximate surface area is 575 Å². The van der Waals surface area contributed by atoms with E-state index >= 15 is 0 Å². The van der Waals surface area contributed by atoms with E-state index in [4.69, 9.17) is 149 Å². The highest BCUT2D eigenvalue weighted by Gasteiger charge is 2.46. The summed E-state index contributed by atoms with van der Waals surface area (Å²) in [6, 6.07) is 25.7. The van der Waals surface area contributed by atoms with Crippen molar-refractivity contribution in [1.82, 2.24) is 18.3 Å². The average Bonchev–Trinajstić information content (AvgIpc) is 1.45. The normalized spacial score (nSPS) is 21.6. The van der Waals surface area contributed by atoms with Gasteiger partial charge in [0.15, 0.2) is 0 Å². The summed E-state index contributed by atoms with van der Waals surface area (Å²) < 4.78 is 8.83. The van der Waals surface area contributed by atoms with Crippen LogP contribution in [0.1, 0.15) is 136 Å². The van der Waals surface area contributed by atoms with Crippen molar-refractivity contribution in [2.24, 2.45) is 0 Å². The standard InChI is InChI=1S/C68H29B19N6S/c1-21-9-4-5-11-25(21)24-10-8-13-32-26(16-15-24)28-17-18-29-27-12-6-7-14-33(27)94-68(29)62(28)91(32)59-30(19-88)58(90-23(3)34(41(71)40(70)22(2)69)35-42(72)48(78)53(83)63(35)90)60(92-64-38(45(75)50(80)54(64)84)39-46(76)51(81)55(85)65(39)92)31(20-89)61(59)93-66-37(44(74)49(79)56(66)86)36-43(73)47(77)52(82)57(87)67(36)93/h4-7,9,11-12,14-18,24,52-57H,2,13H2,1,3H3/b16-15-,41-40-. The lowest BCUT2D eigenvalue weighted by Gasteiger charge is -2.35. The molecule has 6 aliphatic rings. The second-order valence-electron chi connectivity index (χ2n) is 24.6. The highest BCUT2D eigenvalue weighted by molar-refractivity contribution is 7.26. The zero-order valence-electron chi connectivity index (χ0n) is 50.9. The molecule has 6 nitrogen and oxygen atoms in total. The number of benzene rings is 4. The minimum Gasteiger partial charge on any atom is -0.314 e. The molecule has 15 rings (SSSR count). The Morgan fingerprint density at radius 2 is 1.01 bits per heavy atom. The molecule has 5 aromatic heterocycles. The van der Waals surface area contributed by atoms with Crippen molar-refractivity contribution < 1.29 is 0 Å². The first kappa shape index (κ1) is 62.3. The molecule has 9 aromatic rings. The fraction of sp³-hybridized carbons (Fsp3) is 0.147. The van der Waals surface area contributed by atoms with Gasteiger partial charge in [0, 0.05) is 66.3 Å². The van der Waals surface area contributed by atoms with Crippen molar-refractivity contribution in [3.05, 3.63) is 213 Å². The van der Waals surface area contributed by atoms with Crippen LogP contribution in [0.2, 0.25) is 5.82 Å². The molecule has 5 heterocycles. The molecule has 38 radical (unpaired) electrons. The van der Waals surface area contributed by atoms with Gasteiger partial charge in [0.05, 0.1) is 92.4 Å². The summed E-state index contributed by atoms with van der Waals surface area (Å²) in [6.07, 6.45) is 4.21. The first-order valence-corrected chi connectivity index (χ1v) is 30.7. The van der Waals surface area contributed by atoms with E-state index in [1.54, 1.807) is 32.0 Å². The second-order valence-corrected chi connectivity index (χ2v) is 25.7. The van der Waals surface area contributed by atoms with E-state index in [2.05, 4.69) is 80.0 Å². The Morgan fingerprint density at radius 3 is 1.56 bits per heavy atom. The third kappa shape index (κ3) is 7.98. The number of aromatic nitrogens is 4. The molecule has 0 saturated carbocycles. The van der Waals surface area contributed by atoms with Crippen molar-refractivity contribution in [1.29, 1.82) is 10.5 Å². The summed E-state index contributed by atoms with van der Waals surface area (Å²) in [5.41, 5.74) is 6.82. The van der Waals surface area contributed by atoms with Gasteiger partial charge in [-0.2, -0.15) is 10.5 Å². The zero-order valence-corrected chi connectivity index (χ0v) is 51.8. The van der Waals surface area contributed by atoms with Crippen LogP contribution in [0.3, 0.4) is 0 Å². The Kier molecular flexibility index (Phi) is 14.5. The van der Waals surface area contributed by atoms with Gasteiger partial charge in [-0.3, -0.25) is 0 Å². The molecule has 0 N–H and O–H groups in total. The third-order valence-corrected chi connectivity index (χ3v) is 21.1. The molecule has 0 fully saturated rings. The first-order chi connectivity index (χ1) is 44.8. The Hall–Kier alpha value is -7.83. The topological polar surface area (TPSA) is 67.3 Å². The Morgan fingerprint density at radius 1 is 0.543 bits per heavy atom. The van der Waals surface area contributed by atoms with Gasteiger partial charge in [-0.1, -0.05) is 117 Å². The smallest absolute Gasteiger partial charge is 0.113 e. The molecule has 4 aromatic carbocycles. The van der Waals surface area contributed by atoms with Crippen molar-refractivity contribution in [2.75, 3.05) is 0 Å². The summed E-state index contributed by atoms with van der Waals surface area (Å²) >= 11 is 1.55. The van der Waals surface area contributed by atoms with E-state index in [0.29, 0.717) is 11.2 Å². The van der Waals surface area contributed by atoms with Gasteiger partial charge >= 0.3 is 0 Å². The van der Waals surface area contributed by atoms with Crippen molar-refractivity contribution in [2.45, 2.75) is 61.1 Å². The second kappa shape index (κ2) is 21.9. The number of nitriles is 2. The minimum absolute atomic E-state index is 0.0119. The van der Waals surface area contributed by atoms with Gasteiger partial charge in [0.25, 0.3) is 0 Å². The van der Waals surface area contributed by atoms with E-state index in [0.717, 1.165) is 42.2 Å². The minimum atomic E-state index is -1.24. The van der Waals surface area contributed by atoms with E-state index < -0.39 is 34.9 Å². The molecule has 0 saturated heterocycles. The average molecular weight is 1170 g/mol. The molecule has 6 aliphatic carbocycles. The molecule has 26 heteroatoms.